The maximum Gasteiger partial charge on any atom is 0.0928 e. The fraction of sp³-hybridized carbons (Fsp3) is 0.429. The second-order valence-corrected chi connectivity index (χ2v) is 3.78. The van der Waals surface area contributed by atoms with Gasteiger partial charge in [-0.1, -0.05) is 42.5 Å². The highest BCUT2D eigenvalue weighted by atomic mass is 16.5. The van der Waals surface area contributed by atoms with Crippen molar-refractivity contribution in [2.45, 2.75) is 6.10 Å². The van der Waals surface area contributed by atoms with Gasteiger partial charge >= 0.3 is 0 Å². The monoisotopic (exact) mass is 235 g/mol. The molecule has 1 aromatic carbocycles. The summed E-state index contributed by atoms with van der Waals surface area (Å²) in [5.74, 6) is 0. The molecule has 0 amide bonds. The standard InChI is InChI=1S/C14H21NO2/c1-16-12-14(17-2)11-15-10-6-9-13-7-4-3-5-8-13/h3-9,14-15H,10-12H2,1-2H3/b9-6+. The Kier molecular flexibility index (Phi) is 7.30. The van der Waals surface area contributed by atoms with Crippen LogP contribution in [0, 0.1) is 0 Å². The molecule has 0 spiro atoms. The van der Waals surface area contributed by atoms with Gasteiger partial charge in [0.1, 0.15) is 0 Å². The molecule has 0 bridgehead atoms. The molecule has 17 heavy (non-hydrogen) atoms. The molecule has 1 atom stereocenters. The molecule has 3 heteroatoms. The zero-order valence-electron chi connectivity index (χ0n) is 10.6. The van der Waals surface area contributed by atoms with E-state index in [1.54, 1.807) is 14.2 Å². The Hall–Kier alpha value is -1.16. The van der Waals surface area contributed by atoms with E-state index >= 15 is 0 Å². The van der Waals surface area contributed by atoms with Gasteiger partial charge < -0.3 is 14.8 Å². The van der Waals surface area contributed by atoms with Gasteiger partial charge in [0.2, 0.25) is 0 Å². The first kappa shape index (κ1) is 13.9. The summed E-state index contributed by atoms with van der Waals surface area (Å²) in [7, 11) is 3.38. The van der Waals surface area contributed by atoms with Gasteiger partial charge in [-0.15, -0.1) is 0 Å². The van der Waals surface area contributed by atoms with Crippen LogP contribution in [0.2, 0.25) is 0 Å². The van der Waals surface area contributed by atoms with Crippen molar-refractivity contribution in [1.29, 1.82) is 0 Å². The van der Waals surface area contributed by atoms with Crippen LogP contribution in [-0.4, -0.2) is 40.0 Å². The van der Waals surface area contributed by atoms with Gasteiger partial charge in [0, 0.05) is 27.3 Å². The molecule has 0 saturated carbocycles. The lowest BCUT2D eigenvalue weighted by atomic mass is 10.2. The lowest BCUT2D eigenvalue weighted by Gasteiger charge is -2.13. The lowest BCUT2D eigenvalue weighted by Crippen LogP contribution is -2.31. The average molecular weight is 235 g/mol. The van der Waals surface area contributed by atoms with Crippen LogP contribution in [0.25, 0.3) is 6.08 Å². The molecule has 0 aliphatic rings. The zero-order chi connectivity index (χ0) is 12.3. The van der Waals surface area contributed by atoms with Gasteiger partial charge in [-0.3, -0.25) is 0 Å². The molecule has 0 heterocycles. The van der Waals surface area contributed by atoms with Crippen LogP contribution in [0.5, 0.6) is 0 Å². The molecule has 0 aromatic heterocycles. The summed E-state index contributed by atoms with van der Waals surface area (Å²) in [4.78, 5) is 0. The average Bonchev–Trinajstić information content (AvgIpc) is 2.38. The molecule has 94 valence electrons. The molecular formula is C14H21NO2. The summed E-state index contributed by atoms with van der Waals surface area (Å²) in [5, 5.41) is 3.30. The van der Waals surface area contributed by atoms with Gasteiger partial charge in [-0.25, -0.2) is 0 Å². The van der Waals surface area contributed by atoms with Crippen molar-refractivity contribution in [2.24, 2.45) is 0 Å². The minimum atomic E-state index is 0.116. The van der Waals surface area contributed by atoms with E-state index in [0.717, 1.165) is 13.1 Å². The number of hydrogen-bond donors (Lipinski definition) is 1. The van der Waals surface area contributed by atoms with Gasteiger partial charge in [0.25, 0.3) is 0 Å². The molecule has 1 aromatic rings. The molecule has 0 radical (unpaired) electrons. The largest absolute Gasteiger partial charge is 0.382 e. The van der Waals surface area contributed by atoms with E-state index in [1.165, 1.54) is 5.56 Å². The third-order valence-electron chi connectivity index (χ3n) is 2.43. The van der Waals surface area contributed by atoms with E-state index in [-0.39, 0.29) is 6.10 Å². The topological polar surface area (TPSA) is 30.5 Å². The Labute approximate surface area is 103 Å². The van der Waals surface area contributed by atoms with E-state index < -0.39 is 0 Å². The van der Waals surface area contributed by atoms with E-state index in [0.29, 0.717) is 6.61 Å². The molecule has 0 aliphatic heterocycles. The van der Waals surface area contributed by atoms with Crippen molar-refractivity contribution in [2.75, 3.05) is 33.9 Å². The van der Waals surface area contributed by atoms with Crippen molar-refractivity contribution in [3.8, 4) is 0 Å². The maximum atomic E-state index is 5.24. The van der Waals surface area contributed by atoms with Crippen LogP contribution in [0.15, 0.2) is 36.4 Å². The first-order valence-electron chi connectivity index (χ1n) is 5.81. The highest BCUT2D eigenvalue weighted by molar-refractivity contribution is 5.48. The van der Waals surface area contributed by atoms with Gasteiger partial charge in [0.05, 0.1) is 12.7 Å². The van der Waals surface area contributed by atoms with E-state index in [9.17, 15) is 0 Å². The summed E-state index contributed by atoms with van der Waals surface area (Å²) in [6.45, 7) is 2.24. The Balaban J connectivity index is 2.17. The van der Waals surface area contributed by atoms with E-state index in [1.807, 2.05) is 18.2 Å². The van der Waals surface area contributed by atoms with Gasteiger partial charge in [-0.05, 0) is 5.56 Å². The van der Waals surface area contributed by atoms with Gasteiger partial charge in [-0.2, -0.15) is 0 Å². The van der Waals surface area contributed by atoms with Crippen LogP contribution in [0.4, 0.5) is 0 Å². The molecule has 0 aliphatic carbocycles. The van der Waals surface area contributed by atoms with Crippen molar-refractivity contribution < 1.29 is 9.47 Å². The number of hydrogen-bond acceptors (Lipinski definition) is 3. The quantitative estimate of drug-likeness (QED) is 0.699. The second-order valence-electron chi connectivity index (χ2n) is 3.78. The Morgan fingerprint density at radius 3 is 2.65 bits per heavy atom. The molecule has 1 N–H and O–H groups in total. The summed E-state index contributed by atoms with van der Waals surface area (Å²) < 4.78 is 10.3. The van der Waals surface area contributed by atoms with Crippen molar-refractivity contribution in [1.82, 2.24) is 5.32 Å². The molecular weight excluding hydrogens is 214 g/mol. The number of ether oxygens (including phenoxy) is 2. The highest BCUT2D eigenvalue weighted by Gasteiger charge is 2.04. The number of methoxy groups -OCH3 is 2. The normalized spacial score (nSPS) is 13.1. The lowest BCUT2D eigenvalue weighted by molar-refractivity contribution is 0.0295. The number of rotatable bonds is 8. The number of nitrogens with one attached hydrogen (secondary N) is 1. The minimum Gasteiger partial charge on any atom is -0.382 e. The van der Waals surface area contributed by atoms with Crippen LogP contribution in [0.3, 0.4) is 0 Å². The predicted molar refractivity (Wildman–Crippen MR) is 71.0 cm³/mol. The summed E-state index contributed by atoms with van der Waals surface area (Å²) in [6.07, 6.45) is 4.32. The maximum absolute atomic E-state index is 5.24. The first-order chi connectivity index (χ1) is 8.36. The Morgan fingerprint density at radius 1 is 1.24 bits per heavy atom. The second kappa shape index (κ2) is 8.93. The first-order valence-corrected chi connectivity index (χ1v) is 5.81. The van der Waals surface area contributed by atoms with Crippen molar-refractivity contribution in [3.05, 3.63) is 42.0 Å². The van der Waals surface area contributed by atoms with Crippen LogP contribution in [0.1, 0.15) is 5.56 Å². The third kappa shape index (κ3) is 6.22. The minimum absolute atomic E-state index is 0.116. The van der Waals surface area contributed by atoms with E-state index in [4.69, 9.17) is 9.47 Å². The molecule has 3 nitrogen and oxygen atoms in total. The molecule has 0 fully saturated rings. The Morgan fingerprint density at radius 2 is 2.00 bits per heavy atom. The fourth-order valence-electron chi connectivity index (χ4n) is 1.48. The van der Waals surface area contributed by atoms with Crippen molar-refractivity contribution in [3.63, 3.8) is 0 Å². The number of benzene rings is 1. The van der Waals surface area contributed by atoms with Crippen LogP contribution in [-0.2, 0) is 9.47 Å². The SMILES string of the molecule is COCC(CNC/C=C/c1ccccc1)OC. The van der Waals surface area contributed by atoms with Crippen LogP contribution < -0.4 is 5.32 Å². The molecule has 0 saturated heterocycles. The predicted octanol–water partition coefficient (Wildman–Crippen LogP) is 1.95. The third-order valence-corrected chi connectivity index (χ3v) is 2.43. The highest BCUT2D eigenvalue weighted by Crippen LogP contribution is 1.99. The molecule has 1 rings (SSSR count). The van der Waals surface area contributed by atoms with Crippen LogP contribution >= 0.6 is 0 Å². The molecule has 1 unspecified atom stereocenters. The fourth-order valence-corrected chi connectivity index (χ4v) is 1.48. The smallest absolute Gasteiger partial charge is 0.0928 e. The van der Waals surface area contributed by atoms with Crippen molar-refractivity contribution >= 4 is 6.08 Å². The van der Waals surface area contributed by atoms with E-state index in [2.05, 4.69) is 29.6 Å². The zero-order valence-corrected chi connectivity index (χ0v) is 10.6. The summed E-state index contributed by atoms with van der Waals surface area (Å²) in [5.41, 5.74) is 1.22. The summed E-state index contributed by atoms with van der Waals surface area (Å²) >= 11 is 0. The summed E-state index contributed by atoms with van der Waals surface area (Å²) in [6, 6.07) is 10.3. The Bertz CT molecular complexity index is 311. The van der Waals surface area contributed by atoms with Gasteiger partial charge in [0.15, 0.2) is 0 Å².